The number of nitrogens with zero attached hydrogens (tertiary/aromatic N) is 2. The largest absolute Gasteiger partial charge is 0.493 e. The van der Waals surface area contributed by atoms with Gasteiger partial charge in [-0.05, 0) is 38.6 Å². The lowest BCUT2D eigenvalue weighted by atomic mass is 9.88. The van der Waals surface area contributed by atoms with Crippen LogP contribution in [-0.4, -0.2) is 60.2 Å². The van der Waals surface area contributed by atoms with E-state index in [-0.39, 0.29) is 11.4 Å². The molecule has 1 aromatic carbocycles. The van der Waals surface area contributed by atoms with Crippen LogP contribution in [0.25, 0.3) is 11.3 Å². The summed E-state index contributed by atoms with van der Waals surface area (Å²) in [6, 6.07) is 7.37. The molecule has 1 fully saturated rings. The molecule has 0 radical (unpaired) electrons. The number of halogens is 1. The van der Waals surface area contributed by atoms with Crippen LogP contribution in [0, 0.1) is 0 Å². The van der Waals surface area contributed by atoms with Gasteiger partial charge in [-0.2, -0.15) is 0 Å². The van der Waals surface area contributed by atoms with E-state index in [1.54, 1.807) is 25.6 Å². The van der Waals surface area contributed by atoms with Gasteiger partial charge in [0.1, 0.15) is 12.4 Å². The monoisotopic (exact) mass is 481 g/mol. The number of ether oxygens (including phenoxy) is 2. The molecule has 3 N–H and O–H groups in total. The molecule has 178 valence electrons. The molecular weight excluding hydrogens is 454 g/mol. The molecule has 0 spiro atoms. The molecule has 4 heterocycles. The molecule has 1 atom stereocenters. The smallest absolute Gasteiger partial charge is 0.255 e. The number of para-hydroxylation sites is 1. The van der Waals surface area contributed by atoms with Crippen LogP contribution in [0.4, 0.5) is 11.4 Å². The summed E-state index contributed by atoms with van der Waals surface area (Å²) in [5.41, 5.74) is 4.34. The number of anilines is 2. The number of likely N-dealkylation sites (N-methyl/N-ethyl adjacent to an activating group) is 1. The average molecular weight is 482 g/mol. The highest BCUT2D eigenvalue weighted by atomic mass is 35.5. The number of aromatic nitrogens is 2. The molecule has 0 saturated carbocycles. The van der Waals surface area contributed by atoms with Crippen LogP contribution in [0.15, 0.2) is 36.7 Å². The summed E-state index contributed by atoms with van der Waals surface area (Å²) in [5.74, 6) is 1.03. The van der Waals surface area contributed by atoms with Crippen LogP contribution >= 0.6 is 11.6 Å². The van der Waals surface area contributed by atoms with Crippen molar-refractivity contribution in [2.45, 2.75) is 25.3 Å². The van der Waals surface area contributed by atoms with Crippen molar-refractivity contribution in [1.82, 2.24) is 20.2 Å². The van der Waals surface area contributed by atoms with Crippen molar-refractivity contribution in [2.24, 2.45) is 0 Å². The minimum absolute atomic E-state index is 0.00277. The second kappa shape index (κ2) is 8.85. The number of hydrogen-bond acceptors (Lipinski definition) is 6. The van der Waals surface area contributed by atoms with Crippen LogP contribution in [0.5, 0.6) is 11.5 Å². The molecule has 0 aliphatic carbocycles. The number of carbonyl (C=O) groups is 1. The van der Waals surface area contributed by atoms with E-state index in [0.29, 0.717) is 53.0 Å². The number of benzene rings is 1. The van der Waals surface area contributed by atoms with Gasteiger partial charge in [-0.15, -0.1) is 0 Å². The number of carbonyl (C=O) groups excluding carboxylic acids is 1. The maximum atomic E-state index is 12.9. The molecule has 34 heavy (non-hydrogen) atoms. The highest BCUT2D eigenvalue weighted by molar-refractivity contribution is 6.32. The maximum Gasteiger partial charge on any atom is 0.255 e. The number of methoxy groups -OCH3 is 1. The van der Waals surface area contributed by atoms with E-state index < -0.39 is 0 Å². The topological polar surface area (TPSA) is 91.5 Å². The molecule has 2 aromatic heterocycles. The fraction of sp³-hybridized carbons (Fsp3) is 0.360. The fourth-order valence-electron chi connectivity index (χ4n) is 4.49. The first kappa shape index (κ1) is 22.6. The number of amides is 1. The molecule has 1 unspecified atom stereocenters. The van der Waals surface area contributed by atoms with Gasteiger partial charge >= 0.3 is 0 Å². The molecule has 5 rings (SSSR count). The van der Waals surface area contributed by atoms with Gasteiger partial charge in [-0.1, -0.05) is 17.7 Å². The first-order valence-electron chi connectivity index (χ1n) is 11.3. The minimum atomic E-state index is -0.132. The van der Waals surface area contributed by atoms with Crippen molar-refractivity contribution in [1.29, 1.82) is 0 Å². The molecule has 1 saturated heterocycles. The summed E-state index contributed by atoms with van der Waals surface area (Å²) >= 11 is 6.35. The van der Waals surface area contributed by atoms with Gasteiger partial charge in [-0.3, -0.25) is 14.7 Å². The van der Waals surface area contributed by atoms with Crippen LogP contribution in [0.3, 0.4) is 0 Å². The molecule has 8 nitrogen and oxygen atoms in total. The second-order valence-corrected chi connectivity index (χ2v) is 9.42. The van der Waals surface area contributed by atoms with Crippen LogP contribution in [0.1, 0.15) is 29.4 Å². The van der Waals surface area contributed by atoms with Gasteiger partial charge in [0.25, 0.3) is 5.91 Å². The number of likely N-dealkylation sites (tertiary alicyclic amines) is 1. The van der Waals surface area contributed by atoms with Crippen molar-refractivity contribution in [3.63, 3.8) is 0 Å². The maximum absolute atomic E-state index is 12.9. The molecule has 0 bridgehead atoms. The number of aromatic amines is 1. The number of nitrogens with one attached hydrogen (secondary N) is 3. The number of hydrogen-bond donors (Lipinski definition) is 3. The number of fused-ring (bicyclic) bond motifs is 1. The molecule has 9 heteroatoms. The third kappa shape index (κ3) is 3.86. The molecule has 3 aromatic rings. The van der Waals surface area contributed by atoms with E-state index in [1.807, 2.05) is 18.2 Å². The summed E-state index contributed by atoms with van der Waals surface area (Å²) in [6.45, 7) is 4.39. The lowest BCUT2D eigenvalue weighted by molar-refractivity contribution is -0.0108. The molecule has 2 aliphatic rings. The lowest BCUT2D eigenvalue weighted by Gasteiger charge is -2.48. The SMILES string of the molecule is COc1c(Cl)cccc1Nc1c(-c2ccncc2OCC2(C)CCN2C)[nH]c2c1C(=O)NCC2. The highest BCUT2D eigenvalue weighted by Crippen LogP contribution is 2.43. The van der Waals surface area contributed by atoms with E-state index in [1.165, 1.54) is 0 Å². The Kier molecular flexibility index (Phi) is 5.87. The second-order valence-electron chi connectivity index (χ2n) is 9.01. The third-order valence-corrected chi connectivity index (χ3v) is 7.19. The Hall–Kier alpha value is -3.23. The van der Waals surface area contributed by atoms with Crippen LogP contribution in [-0.2, 0) is 6.42 Å². The number of pyridine rings is 1. The molecular formula is C25H28ClN5O3. The van der Waals surface area contributed by atoms with Gasteiger partial charge in [0.2, 0.25) is 0 Å². The predicted molar refractivity (Wildman–Crippen MR) is 132 cm³/mol. The van der Waals surface area contributed by atoms with Crippen LogP contribution < -0.4 is 20.1 Å². The Labute approximate surface area is 203 Å². The zero-order valence-corrected chi connectivity index (χ0v) is 20.3. The Balaban J connectivity index is 1.58. The molecule has 1 amide bonds. The molecule has 2 aliphatic heterocycles. The van der Waals surface area contributed by atoms with Crippen molar-refractivity contribution in [3.05, 3.63) is 52.9 Å². The summed E-state index contributed by atoms with van der Waals surface area (Å²) in [6.07, 6.45) is 5.23. The standard InChI is InChI=1S/C25H28ClN5O3/c1-25(9-12-31(25)2)14-34-19-13-27-10-7-15(19)21-22(20-17(29-21)8-11-28-24(20)32)30-18-6-4-5-16(26)23(18)33-3/h4-7,10,13,29-30H,8-9,11-12,14H2,1-3H3,(H,28,32). The zero-order chi connectivity index (χ0) is 23.9. The number of rotatable bonds is 7. The highest BCUT2D eigenvalue weighted by Gasteiger charge is 2.38. The summed E-state index contributed by atoms with van der Waals surface area (Å²) < 4.78 is 11.8. The average Bonchev–Trinajstić information content (AvgIpc) is 3.21. The van der Waals surface area contributed by atoms with E-state index in [9.17, 15) is 4.79 Å². The zero-order valence-electron chi connectivity index (χ0n) is 19.5. The summed E-state index contributed by atoms with van der Waals surface area (Å²) in [7, 11) is 3.68. The van der Waals surface area contributed by atoms with Crippen molar-refractivity contribution in [2.75, 3.05) is 39.2 Å². The predicted octanol–water partition coefficient (Wildman–Crippen LogP) is 4.24. The van der Waals surface area contributed by atoms with E-state index >= 15 is 0 Å². The normalized spacial score (nSPS) is 19.7. The Morgan fingerprint density at radius 3 is 2.91 bits per heavy atom. The van der Waals surface area contributed by atoms with Gasteiger partial charge in [-0.25, -0.2) is 0 Å². The quantitative estimate of drug-likeness (QED) is 0.467. The van der Waals surface area contributed by atoms with Crippen molar-refractivity contribution >= 4 is 28.9 Å². The van der Waals surface area contributed by atoms with E-state index in [2.05, 4.69) is 39.5 Å². The summed E-state index contributed by atoms with van der Waals surface area (Å²) in [5, 5.41) is 6.84. The van der Waals surface area contributed by atoms with E-state index in [4.69, 9.17) is 21.1 Å². The van der Waals surface area contributed by atoms with E-state index in [0.717, 1.165) is 29.9 Å². The fourth-order valence-corrected chi connectivity index (χ4v) is 4.74. The first-order valence-corrected chi connectivity index (χ1v) is 11.7. The Bertz CT molecular complexity index is 1240. The van der Waals surface area contributed by atoms with Gasteiger partial charge in [0, 0.05) is 37.0 Å². The van der Waals surface area contributed by atoms with Gasteiger partial charge in [0.15, 0.2) is 5.75 Å². The lowest BCUT2D eigenvalue weighted by Crippen LogP contribution is -2.59. The first-order chi connectivity index (χ1) is 16.4. The van der Waals surface area contributed by atoms with Crippen molar-refractivity contribution in [3.8, 4) is 22.8 Å². The number of H-pyrrole nitrogens is 1. The third-order valence-electron chi connectivity index (χ3n) is 6.90. The summed E-state index contributed by atoms with van der Waals surface area (Å²) in [4.78, 5) is 23.0. The Morgan fingerprint density at radius 1 is 1.32 bits per heavy atom. The Morgan fingerprint density at radius 2 is 2.18 bits per heavy atom. The van der Waals surface area contributed by atoms with Gasteiger partial charge in [0.05, 0.1) is 46.5 Å². The minimum Gasteiger partial charge on any atom is -0.493 e. The van der Waals surface area contributed by atoms with Gasteiger partial charge < -0.3 is 25.1 Å². The van der Waals surface area contributed by atoms with Crippen molar-refractivity contribution < 1.29 is 14.3 Å². The van der Waals surface area contributed by atoms with Crippen LogP contribution in [0.2, 0.25) is 5.02 Å².